The molecule has 4 heteroatoms. The number of fused-ring (bicyclic) bond motifs is 2. The Morgan fingerprint density at radius 1 is 1.33 bits per heavy atom. The van der Waals surface area contributed by atoms with E-state index in [2.05, 4.69) is 24.1 Å². The highest BCUT2D eigenvalue weighted by molar-refractivity contribution is 5.66. The molecular weight excluding hydrogens is 266 g/mol. The summed E-state index contributed by atoms with van der Waals surface area (Å²) in [5.74, 6) is -0.0773. The van der Waals surface area contributed by atoms with E-state index in [-0.39, 0.29) is 30.1 Å². The van der Waals surface area contributed by atoms with Gasteiger partial charge in [-0.2, -0.15) is 0 Å². The first-order valence-electron chi connectivity index (χ1n) is 7.67. The third-order valence-electron chi connectivity index (χ3n) is 5.01. The summed E-state index contributed by atoms with van der Waals surface area (Å²) >= 11 is 0. The Morgan fingerprint density at radius 3 is 2.71 bits per heavy atom. The molecule has 0 saturated carbocycles. The van der Waals surface area contributed by atoms with Crippen LogP contribution in [0.15, 0.2) is 30.3 Å². The van der Waals surface area contributed by atoms with E-state index in [1.54, 1.807) is 0 Å². The minimum Gasteiger partial charge on any atom is -0.462 e. The number of esters is 1. The van der Waals surface area contributed by atoms with Crippen LogP contribution in [0.1, 0.15) is 25.3 Å². The molecule has 0 amide bonds. The lowest BCUT2D eigenvalue weighted by Gasteiger charge is -2.42. The van der Waals surface area contributed by atoms with Crippen LogP contribution in [0.2, 0.25) is 0 Å². The van der Waals surface area contributed by atoms with Gasteiger partial charge in [-0.1, -0.05) is 30.3 Å². The van der Waals surface area contributed by atoms with Gasteiger partial charge in [-0.3, -0.25) is 9.69 Å². The van der Waals surface area contributed by atoms with Gasteiger partial charge in [0.05, 0.1) is 6.10 Å². The average molecular weight is 289 g/mol. The molecule has 2 heterocycles. The molecule has 2 bridgehead atoms. The molecule has 1 aromatic rings. The van der Waals surface area contributed by atoms with E-state index in [4.69, 9.17) is 4.74 Å². The Hall–Kier alpha value is -1.39. The molecule has 2 fully saturated rings. The van der Waals surface area contributed by atoms with Crippen molar-refractivity contribution in [2.24, 2.45) is 5.92 Å². The monoisotopic (exact) mass is 289 g/mol. The second-order valence-corrected chi connectivity index (χ2v) is 6.35. The number of aliphatic hydroxyl groups is 1. The Kier molecular flexibility index (Phi) is 4.00. The Morgan fingerprint density at radius 2 is 2.05 bits per heavy atom. The summed E-state index contributed by atoms with van der Waals surface area (Å²) in [6, 6.07) is 10.6. The topological polar surface area (TPSA) is 49.8 Å². The van der Waals surface area contributed by atoms with Gasteiger partial charge in [0, 0.05) is 31.3 Å². The van der Waals surface area contributed by atoms with Gasteiger partial charge in [0.25, 0.3) is 0 Å². The van der Waals surface area contributed by atoms with Crippen LogP contribution in [0.5, 0.6) is 0 Å². The number of hydrogen-bond acceptors (Lipinski definition) is 4. The van der Waals surface area contributed by atoms with Crippen LogP contribution >= 0.6 is 0 Å². The molecule has 0 radical (unpaired) electrons. The molecule has 21 heavy (non-hydrogen) atoms. The molecule has 2 saturated heterocycles. The third kappa shape index (κ3) is 2.83. The Labute approximate surface area is 125 Å². The van der Waals surface area contributed by atoms with Crippen molar-refractivity contribution in [2.75, 3.05) is 7.05 Å². The van der Waals surface area contributed by atoms with Crippen LogP contribution in [-0.4, -0.2) is 47.3 Å². The van der Waals surface area contributed by atoms with Crippen molar-refractivity contribution in [1.29, 1.82) is 0 Å². The van der Waals surface area contributed by atoms with Crippen molar-refractivity contribution < 1.29 is 14.6 Å². The number of benzene rings is 1. The molecule has 1 aromatic carbocycles. The van der Waals surface area contributed by atoms with Crippen LogP contribution < -0.4 is 0 Å². The predicted molar refractivity (Wildman–Crippen MR) is 79.8 cm³/mol. The Balaban J connectivity index is 1.85. The fraction of sp³-hybridized carbons (Fsp3) is 0.588. The van der Waals surface area contributed by atoms with Crippen molar-refractivity contribution in [1.82, 2.24) is 4.90 Å². The maximum Gasteiger partial charge on any atom is 0.302 e. The molecule has 0 aromatic heterocycles. The molecule has 3 rings (SSSR count). The summed E-state index contributed by atoms with van der Waals surface area (Å²) in [4.78, 5) is 13.7. The SMILES string of the molecule is CC(=O)O[C@@H]1C[C@@H]2C[C@@H](O)[C@H]([C@@H]1Cc1ccccc1)N2C. The average Bonchev–Trinajstić information content (AvgIpc) is 2.62. The first kappa shape index (κ1) is 14.5. The number of carbonyl (C=O) groups is 1. The Bertz CT molecular complexity index is 504. The highest BCUT2D eigenvalue weighted by atomic mass is 16.5. The van der Waals surface area contributed by atoms with Gasteiger partial charge in [-0.15, -0.1) is 0 Å². The third-order valence-corrected chi connectivity index (χ3v) is 5.01. The first-order valence-corrected chi connectivity index (χ1v) is 7.67. The van der Waals surface area contributed by atoms with Crippen molar-refractivity contribution >= 4 is 5.97 Å². The number of ether oxygens (including phenoxy) is 1. The number of piperidine rings is 1. The second-order valence-electron chi connectivity index (χ2n) is 6.35. The summed E-state index contributed by atoms with van der Waals surface area (Å²) < 4.78 is 5.58. The molecule has 2 aliphatic heterocycles. The quantitative estimate of drug-likeness (QED) is 0.859. The van der Waals surface area contributed by atoms with Gasteiger partial charge in [0.1, 0.15) is 6.10 Å². The second kappa shape index (κ2) is 5.78. The molecule has 4 nitrogen and oxygen atoms in total. The lowest BCUT2D eigenvalue weighted by molar-refractivity contribution is -0.155. The number of likely N-dealkylation sites (N-methyl/N-ethyl adjacent to an activating group) is 1. The van der Waals surface area contributed by atoms with E-state index in [0.717, 1.165) is 19.3 Å². The number of nitrogens with zero attached hydrogens (tertiary/aromatic N) is 1. The fourth-order valence-corrected chi connectivity index (χ4v) is 4.10. The molecule has 0 unspecified atom stereocenters. The van der Waals surface area contributed by atoms with E-state index in [9.17, 15) is 9.90 Å². The standard InChI is InChI=1S/C17H23NO3/c1-11(19)21-16-10-13-9-15(20)17(18(13)2)14(16)8-12-6-4-3-5-7-12/h3-7,13-17,20H,8-10H2,1-2H3/t13-,14+,15+,16+,17-/m0/s1. The van der Waals surface area contributed by atoms with E-state index < -0.39 is 0 Å². The van der Waals surface area contributed by atoms with Crippen LogP contribution in [-0.2, 0) is 16.0 Å². The normalized spacial score (nSPS) is 35.7. The van der Waals surface area contributed by atoms with E-state index >= 15 is 0 Å². The maximum atomic E-state index is 11.4. The highest BCUT2D eigenvalue weighted by Crippen LogP contribution is 2.41. The number of rotatable bonds is 3. The van der Waals surface area contributed by atoms with Crippen molar-refractivity contribution in [3.8, 4) is 0 Å². The van der Waals surface area contributed by atoms with Crippen LogP contribution in [0, 0.1) is 5.92 Å². The van der Waals surface area contributed by atoms with Gasteiger partial charge in [0.15, 0.2) is 0 Å². The molecule has 0 spiro atoms. The van der Waals surface area contributed by atoms with Crippen LogP contribution in [0.25, 0.3) is 0 Å². The zero-order valence-electron chi connectivity index (χ0n) is 12.6. The van der Waals surface area contributed by atoms with Crippen molar-refractivity contribution in [2.45, 2.75) is 50.5 Å². The zero-order valence-corrected chi connectivity index (χ0v) is 12.6. The van der Waals surface area contributed by atoms with E-state index in [0.29, 0.717) is 6.04 Å². The molecular formula is C17H23NO3. The number of aliphatic hydroxyl groups excluding tert-OH is 1. The summed E-state index contributed by atoms with van der Waals surface area (Å²) in [7, 11) is 2.08. The number of carbonyl (C=O) groups excluding carboxylic acids is 1. The molecule has 114 valence electrons. The molecule has 1 N–H and O–H groups in total. The lowest BCUT2D eigenvalue weighted by Crippen LogP contribution is -2.53. The van der Waals surface area contributed by atoms with E-state index in [1.807, 2.05) is 18.2 Å². The van der Waals surface area contributed by atoms with Gasteiger partial charge < -0.3 is 9.84 Å². The smallest absolute Gasteiger partial charge is 0.302 e. The van der Waals surface area contributed by atoms with Gasteiger partial charge >= 0.3 is 5.97 Å². The lowest BCUT2D eigenvalue weighted by atomic mass is 9.82. The highest BCUT2D eigenvalue weighted by Gasteiger charge is 2.51. The minimum atomic E-state index is -0.325. The summed E-state index contributed by atoms with van der Waals surface area (Å²) in [5, 5.41) is 10.4. The predicted octanol–water partition coefficient (Wildman–Crippen LogP) is 1.61. The van der Waals surface area contributed by atoms with Crippen molar-refractivity contribution in [3.05, 3.63) is 35.9 Å². The van der Waals surface area contributed by atoms with Crippen LogP contribution in [0.4, 0.5) is 0 Å². The number of hydrogen-bond donors (Lipinski definition) is 1. The summed E-state index contributed by atoms with van der Waals surface area (Å²) in [5.41, 5.74) is 1.23. The van der Waals surface area contributed by atoms with Gasteiger partial charge in [-0.05, 0) is 25.5 Å². The molecule has 5 atom stereocenters. The van der Waals surface area contributed by atoms with Crippen molar-refractivity contribution in [3.63, 3.8) is 0 Å². The van der Waals surface area contributed by atoms with Gasteiger partial charge in [0.2, 0.25) is 0 Å². The maximum absolute atomic E-state index is 11.4. The van der Waals surface area contributed by atoms with E-state index in [1.165, 1.54) is 12.5 Å². The largest absolute Gasteiger partial charge is 0.462 e. The minimum absolute atomic E-state index is 0.0771. The summed E-state index contributed by atoms with van der Waals surface area (Å²) in [6.45, 7) is 1.47. The van der Waals surface area contributed by atoms with Crippen LogP contribution in [0.3, 0.4) is 0 Å². The fourth-order valence-electron chi connectivity index (χ4n) is 4.10. The summed E-state index contributed by atoms with van der Waals surface area (Å²) in [6.07, 6.45) is 2.02. The molecule has 0 aliphatic carbocycles. The van der Waals surface area contributed by atoms with Gasteiger partial charge in [-0.25, -0.2) is 0 Å². The first-order chi connectivity index (χ1) is 10.1. The molecule has 2 aliphatic rings. The zero-order chi connectivity index (χ0) is 15.0.